The zero-order valence-corrected chi connectivity index (χ0v) is 14.7. The number of rotatable bonds is 4. The summed E-state index contributed by atoms with van der Waals surface area (Å²) in [5, 5.41) is -0.109. The van der Waals surface area contributed by atoms with E-state index in [4.69, 9.17) is 0 Å². The van der Waals surface area contributed by atoms with Crippen molar-refractivity contribution < 1.29 is 8.42 Å². The van der Waals surface area contributed by atoms with Gasteiger partial charge in [0.1, 0.15) is 0 Å². The first-order valence-electron chi connectivity index (χ1n) is 8.72. The number of hydrogen-bond acceptors (Lipinski definition) is 5. The van der Waals surface area contributed by atoms with Gasteiger partial charge in [0, 0.05) is 39.3 Å². The van der Waals surface area contributed by atoms with Crippen molar-refractivity contribution >= 4 is 16.0 Å². The van der Waals surface area contributed by atoms with Crippen LogP contribution >= 0.6 is 0 Å². The number of guanidine groups is 1. The van der Waals surface area contributed by atoms with E-state index in [1.165, 1.54) is 5.56 Å². The maximum absolute atomic E-state index is 12.3. The van der Waals surface area contributed by atoms with E-state index >= 15 is 0 Å². The Morgan fingerprint density at radius 2 is 1.71 bits per heavy atom. The summed E-state index contributed by atoms with van der Waals surface area (Å²) in [4.78, 5) is 9.22. The van der Waals surface area contributed by atoms with Gasteiger partial charge in [-0.15, -0.1) is 0 Å². The highest BCUT2D eigenvalue weighted by atomic mass is 32.2. The Bertz CT molecular complexity index is 707. The first kappa shape index (κ1) is 15.9. The molecule has 0 bridgehead atoms. The minimum Gasteiger partial charge on any atom is -0.340 e. The average molecular weight is 348 g/mol. The molecule has 7 heteroatoms. The van der Waals surface area contributed by atoms with E-state index < -0.39 is 10.0 Å². The second kappa shape index (κ2) is 6.37. The molecule has 3 aliphatic rings. The van der Waals surface area contributed by atoms with Crippen LogP contribution in [-0.2, 0) is 16.6 Å². The van der Waals surface area contributed by atoms with Gasteiger partial charge in [0.2, 0.25) is 10.0 Å². The van der Waals surface area contributed by atoms with E-state index in [1.807, 2.05) is 6.07 Å². The molecule has 0 aromatic heterocycles. The van der Waals surface area contributed by atoms with Gasteiger partial charge in [0.05, 0.1) is 11.8 Å². The Kier molecular flexibility index (Phi) is 4.22. The third-order valence-corrected chi connectivity index (χ3v) is 7.35. The number of piperazine rings is 1. The van der Waals surface area contributed by atoms with Crippen LogP contribution in [0.3, 0.4) is 0 Å². The molecule has 2 heterocycles. The Labute approximate surface area is 143 Å². The van der Waals surface area contributed by atoms with Gasteiger partial charge in [-0.25, -0.2) is 8.42 Å². The van der Waals surface area contributed by atoms with E-state index in [0.29, 0.717) is 13.1 Å². The van der Waals surface area contributed by atoms with Crippen LogP contribution in [0.1, 0.15) is 18.4 Å². The molecule has 1 aliphatic carbocycles. The van der Waals surface area contributed by atoms with Gasteiger partial charge in [-0.05, 0) is 18.4 Å². The fraction of sp³-hybridized carbons (Fsp3) is 0.588. The number of hydrogen-bond donors (Lipinski definition) is 0. The summed E-state index contributed by atoms with van der Waals surface area (Å²) in [7, 11) is -3.04. The van der Waals surface area contributed by atoms with Crippen LogP contribution in [0.4, 0.5) is 0 Å². The molecule has 0 spiro atoms. The minimum absolute atomic E-state index is 0.109. The summed E-state index contributed by atoms with van der Waals surface area (Å²) in [5.41, 5.74) is 1.28. The molecule has 1 saturated carbocycles. The molecule has 0 atom stereocenters. The largest absolute Gasteiger partial charge is 0.340 e. The van der Waals surface area contributed by atoms with Gasteiger partial charge < -0.3 is 9.80 Å². The first-order chi connectivity index (χ1) is 11.6. The summed E-state index contributed by atoms with van der Waals surface area (Å²) in [6.45, 7) is 5.24. The van der Waals surface area contributed by atoms with E-state index in [0.717, 1.165) is 51.5 Å². The van der Waals surface area contributed by atoms with E-state index in [-0.39, 0.29) is 5.25 Å². The zero-order chi connectivity index (χ0) is 16.6. The molecule has 1 saturated heterocycles. The zero-order valence-electron chi connectivity index (χ0n) is 13.8. The topological polar surface area (TPSA) is 56.2 Å². The molecule has 0 radical (unpaired) electrons. The Hall–Kier alpha value is -1.60. The van der Waals surface area contributed by atoms with Crippen LogP contribution in [0.15, 0.2) is 35.3 Å². The molecule has 2 fully saturated rings. The van der Waals surface area contributed by atoms with Gasteiger partial charge in [0.25, 0.3) is 0 Å². The second-order valence-corrected chi connectivity index (χ2v) is 8.93. The van der Waals surface area contributed by atoms with Crippen molar-refractivity contribution in [1.29, 1.82) is 0 Å². The number of sulfonamides is 1. The molecular formula is C17H24N4O2S. The lowest BCUT2D eigenvalue weighted by Crippen LogP contribution is -2.54. The van der Waals surface area contributed by atoms with Crippen molar-refractivity contribution in [3.8, 4) is 0 Å². The first-order valence-corrected chi connectivity index (χ1v) is 10.2. The molecule has 24 heavy (non-hydrogen) atoms. The van der Waals surface area contributed by atoms with Gasteiger partial charge >= 0.3 is 0 Å². The van der Waals surface area contributed by atoms with Crippen molar-refractivity contribution in [3.63, 3.8) is 0 Å². The minimum atomic E-state index is -3.04. The normalized spacial score (nSPS) is 22.8. The summed E-state index contributed by atoms with van der Waals surface area (Å²) < 4.78 is 26.4. The molecule has 0 N–H and O–H groups in total. The highest BCUT2D eigenvalue weighted by molar-refractivity contribution is 7.90. The van der Waals surface area contributed by atoms with E-state index in [2.05, 4.69) is 39.1 Å². The molecule has 0 unspecified atom stereocenters. The number of nitrogens with zero attached hydrogens (tertiary/aromatic N) is 4. The Balaban J connectivity index is 1.38. The predicted molar refractivity (Wildman–Crippen MR) is 94.2 cm³/mol. The van der Waals surface area contributed by atoms with Crippen LogP contribution < -0.4 is 0 Å². The third-order valence-electron chi connectivity index (χ3n) is 4.95. The average Bonchev–Trinajstić information content (AvgIpc) is 3.37. The SMILES string of the molecule is O=S(=O)(C1CC1)N1CCN(C2=NCCN2Cc2ccccc2)CC1. The number of aliphatic imine (C=N–C) groups is 1. The van der Waals surface area contributed by atoms with Gasteiger partial charge in [0.15, 0.2) is 5.96 Å². The monoisotopic (exact) mass is 348 g/mol. The highest BCUT2D eigenvalue weighted by Gasteiger charge is 2.41. The maximum atomic E-state index is 12.3. The van der Waals surface area contributed by atoms with Crippen LogP contribution in [0.25, 0.3) is 0 Å². The third kappa shape index (κ3) is 3.15. The highest BCUT2D eigenvalue weighted by Crippen LogP contribution is 2.31. The summed E-state index contributed by atoms with van der Waals surface area (Å²) in [5.74, 6) is 1.03. The van der Waals surface area contributed by atoms with Crippen molar-refractivity contribution in [2.75, 3.05) is 39.3 Å². The fourth-order valence-electron chi connectivity index (χ4n) is 3.44. The molecule has 4 rings (SSSR count). The molecule has 6 nitrogen and oxygen atoms in total. The Morgan fingerprint density at radius 1 is 1.00 bits per heavy atom. The van der Waals surface area contributed by atoms with Gasteiger partial charge in [-0.2, -0.15) is 4.31 Å². The smallest absolute Gasteiger partial charge is 0.217 e. The van der Waals surface area contributed by atoms with Crippen molar-refractivity contribution in [1.82, 2.24) is 14.1 Å². The molecular weight excluding hydrogens is 324 g/mol. The lowest BCUT2D eigenvalue weighted by molar-refractivity contribution is 0.241. The summed E-state index contributed by atoms with van der Waals surface area (Å²) in [6.07, 6.45) is 1.67. The molecule has 0 amide bonds. The van der Waals surface area contributed by atoms with Gasteiger partial charge in [-0.3, -0.25) is 4.99 Å². The van der Waals surface area contributed by atoms with Crippen molar-refractivity contribution in [3.05, 3.63) is 35.9 Å². The molecule has 1 aromatic carbocycles. The van der Waals surface area contributed by atoms with E-state index in [1.54, 1.807) is 4.31 Å². The molecule has 130 valence electrons. The van der Waals surface area contributed by atoms with Crippen LogP contribution in [0.2, 0.25) is 0 Å². The van der Waals surface area contributed by atoms with Gasteiger partial charge in [-0.1, -0.05) is 30.3 Å². The van der Waals surface area contributed by atoms with Crippen LogP contribution in [0, 0.1) is 0 Å². The standard InChI is InChI=1S/C17H24N4O2S/c22-24(23,16-6-7-16)21-12-10-19(11-13-21)17-18-8-9-20(17)14-15-4-2-1-3-5-15/h1-5,16H,6-14H2. The lowest BCUT2D eigenvalue weighted by atomic mass is 10.2. The summed E-state index contributed by atoms with van der Waals surface area (Å²) >= 11 is 0. The van der Waals surface area contributed by atoms with Crippen LogP contribution in [0.5, 0.6) is 0 Å². The summed E-state index contributed by atoms with van der Waals surface area (Å²) in [6, 6.07) is 10.4. The molecule has 1 aromatic rings. The molecule has 2 aliphatic heterocycles. The van der Waals surface area contributed by atoms with Crippen molar-refractivity contribution in [2.45, 2.75) is 24.6 Å². The quantitative estimate of drug-likeness (QED) is 0.814. The second-order valence-electron chi connectivity index (χ2n) is 6.72. The number of benzene rings is 1. The Morgan fingerprint density at radius 3 is 2.38 bits per heavy atom. The lowest BCUT2D eigenvalue weighted by Gasteiger charge is -2.37. The van der Waals surface area contributed by atoms with E-state index in [9.17, 15) is 8.42 Å². The van der Waals surface area contributed by atoms with Crippen molar-refractivity contribution in [2.24, 2.45) is 4.99 Å². The predicted octanol–water partition coefficient (Wildman–Crippen LogP) is 0.968. The van der Waals surface area contributed by atoms with Crippen LogP contribution in [-0.4, -0.2) is 73.0 Å². The fourth-order valence-corrected chi connectivity index (χ4v) is 5.27. The maximum Gasteiger partial charge on any atom is 0.217 e.